The first-order chi connectivity index (χ1) is 11.4. The molecule has 0 aromatic heterocycles. The van der Waals surface area contributed by atoms with E-state index in [1.54, 1.807) is 6.08 Å². The topological polar surface area (TPSA) is 125 Å². The smallest absolute Gasteiger partial charge is 0.270 e. The molecule has 0 saturated heterocycles. The van der Waals surface area contributed by atoms with Crippen LogP contribution in [0.15, 0.2) is 42.0 Å². The lowest BCUT2D eigenvalue weighted by atomic mass is 9.73. The molecule has 0 spiro atoms. The zero-order valence-corrected chi connectivity index (χ0v) is 13.2. The van der Waals surface area contributed by atoms with E-state index in [1.807, 2.05) is 0 Å². The van der Waals surface area contributed by atoms with E-state index in [0.717, 1.165) is 0 Å². The number of methoxy groups -OCH3 is 1. The van der Waals surface area contributed by atoms with Crippen molar-refractivity contribution >= 4 is 17.5 Å². The molecule has 1 aromatic rings. The number of likely N-dealkylation sites (N-methyl/N-ethyl adjacent to an activating group) is 1. The lowest BCUT2D eigenvalue weighted by Gasteiger charge is -2.30. The maximum absolute atomic E-state index is 12.2. The number of carbonyl (C=O) groups is 2. The van der Waals surface area contributed by atoms with Crippen molar-refractivity contribution in [1.29, 1.82) is 0 Å². The molecule has 0 fully saturated rings. The van der Waals surface area contributed by atoms with E-state index in [-0.39, 0.29) is 23.6 Å². The maximum atomic E-state index is 12.2. The number of non-ortho nitro benzene ring substituents is 1. The van der Waals surface area contributed by atoms with Crippen molar-refractivity contribution in [3.05, 3.63) is 57.7 Å². The minimum absolute atomic E-state index is 0.0963. The monoisotopic (exact) mass is 331 g/mol. The Balaban J connectivity index is 2.58. The summed E-state index contributed by atoms with van der Waals surface area (Å²) in [5, 5.41) is 13.5. The fourth-order valence-corrected chi connectivity index (χ4v) is 2.63. The standard InChI is InChI=1S/C16H17N3O5/c1-18-14(20)10-5-7-16(8-6-10,15(17)21)12-9-11(19(22)23)3-4-13(12)24-2/h3-7,9H,8H2,1-2H3,(H2,17,21)(H,18,20). The molecule has 1 aromatic carbocycles. The highest BCUT2D eigenvalue weighted by atomic mass is 16.6. The molecule has 2 rings (SSSR count). The molecule has 2 amide bonds. The van der Waals surface area contributed by atoms with Gasteiger partial charge in [-0.2, -0.15) is 0 Å². The molecule has 0 aliphatic heterocycles. The summed E-state index contributed by atoms with van der Waals surface area (Å²) in [6.07, 6.45) is 4.63. The molecular weight excluding hydrogens is 314 g/mol. The first-order valence-electron chi connectivity index (χ1n) is 7.10. The van der Waals surface area contributed by atoms with Gasteiger partial charge in [-0.1, -0.05) is 18.2 Å². The summed E-state index contributed by atoms with van der Waals surface area (Å²) in [4.78, 5) is 34.4. The van der Waals surface area contributed by atoms with Crippen LogP contribution < -0.4 is 15.8 Å². The molecule has 1 aliphatic carbocycles. The molecule has 24 heavy (non-hydrogen) atoms. The van der Waals surface area contributed by atoms with Crippen molar-refractivity contribution in [2.75, 3.05) is 14.2 Å². The summed E-state index contributed by atoms with van der Waals surface area (Å²) in [5.74, 6) is -0.680. The zero-order valence-electron chi connectivity index (χ0n) is 13.2. The Morgan fingerprint density at radius 1 is 1.42 bits per heavy atom. The Hall–Kier alpha value is -3.16. The predicted octanol–water partition coefficient (Wildman–Crippen LogP) is 0.959. The number of carbonyl (C=O) groups excluding carboxylic acids is 2. The SMILES string of the molecule is CNC(=O)C1=CCC(C(N)=O)(c2cc([N+](=O)[O-])ccc2OC)C=C1. The molecule has 0 bridgehead atoms. The van der Waals surface area contributed by atoms with E-state index >= 15 is 0 Å². The number of benzene rings is 1. The number of nitrogens with two attached hydrogens (primary N) is 1. The Labute approximate surface area is 138 Å². The zero-order chi connectivity index (χ0) is 17.9. The quantitative estimate of drug-likeness (QED) is 0.614. The van der Waals surface area contributed by atoms with Crippen LogP contribution in [0.25, 0.3) is 0 Å². The number of rotatable bonds is 5. The van der Waals surface area contributed by atoms with Gasteiger partial charge in [0.2, 0.25) is 5.91 Å². The summed E-state index contributed by atoms with van der Waals surface area (Å²) >= 11 is 0. The molecule has 126 valence electrons. The second-order valence-corrected chi connectivity index (χ2v) is 5.25. The fraction of sp³-hybridized carbons (Fsp3) is 0.250. The van der Waals surface area contributed by atoms with Gasteiger partial charge in [-0.05, 0) is 12.5 Å². The fourth-order valence-electron chi connectivity index (χ4n) is 2.63. The molecule has 0 saturated carbocycles. The Bertz CT molecular complexity index is 769. The van der Waals surface area contributed by atoms with Gasteiger partial charge < -0.3 is 15.8 Å². The van der Waals surface area contributed by atoms with Gasteiger partial charge in [0, 0.05) is 30.3 Å². The van der Waals surface area contributed by atoms with Crippen molar-refractivity contribution in [3.63, 3.8) is 0 Å². The summed E-state index contributed by atoms with van der Waals surface area (Å²) in [7, 11) is 2.90. The second kappa shape index (κ2) is 6.53. The number of ether oxygens (including phenoxy) is 1. The van der Waals surface area contributed by atoms with Gasteiger partial charge in [-0.25, -0.2) is 0 Å². The Morgan fingerprint density at radius 2 is 2.12 bits per heavy atom. The molecule has 3 N–H and O–H groups in total. The Kier molecular flexibility index (Phi) is 4.68. The molecule has 8 heteroatoms. The van der Waals surface area contributed by atoms with Gasteiger partial charge >= 0.3 is 0 Å². The van der Waals surface area contributed by atoms with Crippen LogP contribution in [0, 0.1) is 10.1 Å². The van der Waals surface area contributed by atoms with Crippen molar-refractivity contribution in [3.8, 4) is 5.75 Å². The number of hydrogen-bond donors (Lipinski definition) is 2. The largest absolute Gasteiger partial charge is 0.496 e. The highest BCUT2D eigenvalue weighted by Crippen LogP contribution is 2.40. The number of nitro benzene ring substituents is 1. The van der Waals surface area contributed by atoms with Crippen molar-refractivity contribution in [2.24, 2.45) is 5.73 Å². The molecule has 1 aliphatic rings. The van der Waals surface area contributed by atoms with Crippen LogP contribution in [0.2, 0.25) is 0 Å². The van der Waals surface area contributed by atoms with E-state index < -0.39 is 16.2 Å². The molecule has 1 unspecified atom stereocenters. The molecule has 0 radical (unpaired) electrons. The van der Waals surface area contributed by atoms with Crippen molar-refractivity contribution < 1.29 is 19.2 Å². The van der Waals surface area contributed by atoms with Crippen molar-refractivity contribution in [1.82, 2.24) is 5.32 Å². The van der Waals surface area contributed by atoms with Gasteiger partial charge in [0.15, 0.2) is 0 Å². The number of nitro groups is 1. The third-order valence-corrected chi connectivity index (χ3v) is 3.99. The number of hydrogen-bond acceptors (Lipinski definition) is 5. The third-order valence-electron chi connectivity index (χ3n) is 3.99. The average Bonchev–Trinajstić information content (AvgIpc) is 2.60. The lowest BCUT2D eigenvalue weighted by Crippen LogP contribution is -2.41. The normalized spacial score (nSPS) is 19.3. The van der Waals surface area contributed by atoms with Crippen molar-refractivity contribution in [2.45, 2.75) is 11.8 Å². The molecule has 0 heterocycles. The summed E-state index contributed by atoms with van der Waals surface area (Å²) < 4.78 is 5.24. The van der Waals surface area contributed by atoms with Gasteiger partial charge in [0.05, 0.1) is 17.4 Å². The maximum Gasteiger partial charge on any atom is 0.270 e. The van der Waals surface area contributed by atoms with E-state index in [0.29, 0.717) is 11.3 Å². The number of allylic oxidation sites excluding steroid dienone is 1. The first kappa shape index (κ1) is 17.2. The summed E-state index contributed by atoms with van der Waals surface area (Å²) in [5.41, 5.74) is 4.76. The summed E-state index contributed by atoms with van der Waals surface area (Å²) in [6, 6.07) is 3.98. The van der Waals surface area contributed by atoms with Gasteiger partial charge in [0.25, 0.3) is 11.6 Å². The number of nitrogens with zero attached hydrogens (tertiary/aromatic N) is 1. The minimum atomic E-state index is -1.32. The van der Waals surface area contributed by atoms with Gasteiger partial charge in [-0.15, -0.1) is 0 Å². The van der Waals surface area contributed by atoms with Crippen LogP contribution in [0.4, 0.5) is 5.69 Å². The molecule has 8 nitrogen and oxygen atoms in total. The van der Waals surface area contributed by atoms with Crippen LogP contribution in [-0.2, 0) is 15.0 Å². The second-order valence-electron chi connectivity index (χ2n) is 5.25. The lowest BCUT2D eigenvalue weighted by molar-refractivity contribution is -0.385. The van der Waals surface area contributed by atoms with Crippen LogP contribution in [0.5, 0.6) is 5.75 Å². The molecular formula is C16H17N3O5. The van der Waals surface area contributed by atoms with E-state index in [1.165, 1.54) is 44.5 Å². The first-order valence-corrected chi connectivity index (χ1v) is 7.10. The van der Waals surface area contributed by atoms with Crippen LogP contribution in [0.3, 0.4) is 0 Å². The summed E-state index contributed by atoms with van der Waals surface area (Å²) in [6.45, 7) is 0. The highest BCUT2D eigenvalue weighted by Gasteiger charge is 2.40. The average molecular weight is 331 g/mol. The predicted molar refractivity (Wildman–Crippen MR) is 86.4 cm³/mol. The third kappa shape index (κ3) is 2.85. The van der Waals surface area contributed by atoms with E-state index in [4.69, 9.17) is 10.5 Å². The Morgan fingerprint density at radius 3 is 2.58 bits per heavy atom. The van der Waals surface area contributed by atoms with Crippen LogP contribution >= 0.6 is 0 Å². The van der Waals surface area contributed by atoms with E-state index in [2.05, 4.69) is 5.32 Å². The minimum Gasteiger partial charge on any atom is -0.496 e. The van der Waals surface area contributed by atoms with Gasteiger partial charge in [0.1, 0.15) is 5.75 Å². The molecule has 1 atom stereocenters. The number of nitrogens with one attached hydrogen (secondary N) is 1. The van der Waals surface area contributed by atoms with E-state index in [9.17, 15) is 19.7 Å². The highest BCUT2D eigenvalue weighted by molar-refractivity contribution is 5.98. The van der Waals surface area contributed by atoms with Gasteiger partial charge in [-0.3, -0.25) is 19.7 Å². The number of amides is 2. The van der Waals surface area contributed by atoms with Crippen LogP contribution in [0.1, 0.15) is 12.0 Å². The van der Waals surface area contributed by atoms with Crippen LogP contribution in [-0.4, -0.2) is 30.9 Å². The number of primary amides is 1.